The van der Waals surface area contributed by atoms with E-state index in [1.807, 2.05) is 30.3 Å². The molecule has 0 fully saturated rings. The van der Waals surface area contributed by atoms with Crippen LogP contribution in [0.4, 0.5) is 0 Å². The quantitative estimate of drug-likeness (QED) is 0.148. The molecule has 0 aromatic heterocycles. The molecule has 0 N–H and O–H groups in total. The maximum atomic E-state index is 6.06. The molecule has 0 spiro atoms. The molecule has 204 valence electrons. The second-order valence-corrected chi connectivity index (χ2v) is 13.3. The van der Waals surface area contributed by atoms with E-state index in [9.17, 15) is 0 Å². The van der Waals surface area contributed by atoms with Gasteiger partial charge in [-0.1, -0.05) is 84.9 Å². The molecule has 2 nitrogen and oxygen atoms in total. The molecule has 0 unspecified atom stereocenters. The highest BCUT2D eigenvalue weighted by Gasteiger charge is 2.45. The van der Waals surface area contributed by atoms with Crippen LogP contribution >= 0.6 is 7.26 Å². The normalized spacial score (nSPS) is 10.9. The van der Waals surface area contributed by atoms with Crippen LogP contribution in [0.3, 0.4) is 0 Å². The van der Waals surface area contributed by atoms with Crippen molar-refractivity contribution in [2.75, 3.05) is 19.4 Å². The predicted molar refractivity (Wildman–Crippen MR) is 168 cm³/mol. The number of unbranched alkanes of at least 4 members (excludes halogenated alkanes) is 1. The standard InChI is InChI=1S/C36H36O2P.BrH/c1-2-39(33-18-8-4-9-19-33,34-20-10-5-11-21-34)36-23-13-12-22-35(36)30-24-26-32(27-25-30)38-29-15-14-28-37-31-16-6-3-7-17-31;/h3-13,16-27H,2,14-15,28-29H2,1H3;1H/q+1;/p-1. The van der Waals surface area contributed by atoms with Crippen molar-refractivity contribution in [3.63, 3.8) is 0 Å². The average molecular weight is 612 g/mol. The number of hydrogen-bond donors (Lipinski definition) is 0. The third-order valence-corrected chi connectivity index (χ3v) is 11.7. The first-order valence-electron chi connectivity index (χ1n) is 13.8. The van der Waals surface area contributed by atoms with Gasteiger partial charge in [-0.25, -0.2) is 0 Å². The number of para-hydroxylation sites is 1. The molecule has 4 heteroatoms. The number of rotatable bonds is 12. The Balaban J connectivity index is 0.00000370. The number of hydrogen-bond acceptors (Lipinski definition) is 2. The molecule has 0 aliphatic carbocycles. The first-order valence-corrected chi connectivity index (χ1v) is 15.8. The van der Waals surface area contributed by atoms with E-state index < -0.39 is 7.26 Å². The Labute approximate surface area is 250 Å². The fourth-order valence-electron chi connectivity index (χ4n) is 5.21. The second kappa shape index (κ2) is 14.8. The zero-order valence-corrected chi connectivity index (χ0v) is 25.4. The van der Waals surface area contributed by atoms with Gasteiger partial charge in [-0.2, -0.15) is 0 Å². The minimum Gasteiger partial charge on any atom is -1.00 e. The highest BCUT2D eigenvalue weighted by molar-refractivity contribution is 7.95. The molecule has 0 amide bonds. The summed E-state index contributed by atoms with van der Waals surface area (Å²) in [5.41, 5.74) is 2.52. The molecule has 5 rings (SSSR count). The lowest BCUT2D eigenvalue weighted by atomic mass is 10.1. The van der Waals surface area contributed by atoms with Crippen molar-refractivity contribution in [3.8, 4) is 22.6 Å². The number of ether oxygens (including phenoxy) is 2. The van der Waals surface area contributed by atoms with Crippen molar-refractivity contribution >= 4 is 23.2 Å². The summed E-state index contributed by atoms with van der Waals surface area (Å²) >= 11 is 0. The molecule has 40 heavy (non-hydrogen) atoms. The van der Waals surface area contributed by atoms with E-state index in [1.54, 1.807) is 0 Å². The molecule has 5 aromatic rings. The monoisotopic (exact) mass is 610 g/mol. The van der Waals surface area contributed by atoms with Crippen LogP contribution in [0.25, 0.3) is 11.1 Å². The van der Waals surface area contributed by atoms with E-state index in [0.717, 1.165) is 30.5 Å². The van der Waals surface area contributed by atoms with Crippen LogP contribution < -0.4 is 42.4 Å². The summed E-state index contributed by atoms with van der Waals surface area (Å²) in [5.74, 6) is 1.83. The van der Waals surface area contributed by atoms with Gasteiger partial charge in [0.15, 0.2) is 0 Å². The molecule has 0 atom stereocenters. The van der Waals surface area contributed by atoms with Gasteiger partial charge in [0.25, 0.3) is 0 Å². The third-order valence-electron chi connectivity index (χ3n) is 7.17. The second-order valence-electron chi connectivity index (χ2n) is 9.56. The molecule has 0 saturated carbocycles. The van der Waals surface area contributed by atoms with E-state index in [4.69, 9.17) is 9.47 Å². The van der Waals surface area contributed by atoms with Crippen LogP contribution in [0.5, 0.6) is 11.5 Å². The van der Waals surface area contributed by atoms with Crippen molar-refractivity contribution in [3.05, 3.63) is 140 Å². The molecule has 0 aliphatic rings. The van der Waals surface area contributed by atoms with Crippen LogP contribution in [-0.4, -0.2) is 19.4 Å². The highest BCUT2D eigenvalue weighted by Crippen LogP contribution is 2.56. The summed E-state index contributed by atoms with van der Waals surface area (Å²) in [5, 5.41) is 4.27. The fourth-order valence-corrected chi connectivity index (χ4v) is 9.45. The van der Waals surface area contributed by atoms with Crippen LogP contribution in [0, 0.1) is 0 Å². The van der Waals surface area contributed by atoms with Crippen molar-refractivity contribution in [2.45, 2.75) is 19.8 Å². The SMILES string of the molecule is CC[P+](c1ccccc1)(c1ccccc1)c1ccccc1-c1ccc(OCCCCOc2ccccc2)cc1.[Br-]. The maximum absolute atomic E-state index is 6.06. The van der Waals surface area contributed by atoms with Gasteiger partial charge < -0.3 is 26.5 Å². The van der Waals surface area contributed by atoms with Gasteiger partial charge >= 0.3 is 0 Å². The summed E-state index contributed by atoms with van der Waals surface area (Å²) in [6.45, 7) is 3.72. The Morgan fingerprint density at radius 2 is 0.950 bits per heavy atom. The first-order chi connectivity index (χ1) is 19.3. The topological polar surface area (TPSA) is 18.5 Å². The molecule has 0 saturated heterocycles. The minimum absolute atomic E-state index is 0. The fraction of sp³-hybridized carbons (Fsp3) is 0.167. The van der Waals surface area contributed by atoms with Crippen molar-refractivity contribution in [1.82, 2.24) is 0 Å². The lowest BCUT2D eigenvalue weighted by Crippen LogP contribution is -3.00. The predicted octanol–water partition coefficient (Wildman–Crippen LogP) is 4.91. The van der Waals surface area contributed by atoms with Gasteiger partial charge in [-0.05, 0) is 79.9 Å². The first kappa shape index (κ1) is 29.6. The maximum Gasteiger partial charge on any atom is 0.119 e. The van der Waals surface area contributed by atoms with E-state index >= 15 is 0 Å². The van der Waals surface area contributed by atoms with Gasteiger partial charge in [-0.3, -0.25) is 0 Å². The Hall–Kier alpha value is -3.39. The van der Waals surface area contributed by atoms with E-state index in [0.29, 0.717) is 13.2 Å². The molecule has 0 bridgehead atoms. The van der Waals surface area contributed by atoms with E-state index in [1.165, 1.54) is 27.0 Å². The van der Waals surface area contributed by atoms with Crippen LogP contribution in [-0.2, 0) is 0 Å². The number of halogens is 1. The zero-order valence-electron chi connectivity index (χ0n) is 23.0. The Bertz CT molecular complexity index is 1390. The van der Waals surface area contributed by atoms with Gasteiger partial charge in [0.05, 0.1) is 19.4 Å². The summed E-state index contributed by atoms with van der Waals surface area (Å²) in [4.78, 5) is 0. The van der Waals surface area contributed by atoms with Gasteiger partial charge in [0, 0.05) is 5.56 Å². The van der Waals surface area contributed by atoms with Gasteiger partial charge in [0.1, 0.15) is 34.7 Å². The lowest BCUT2D eigenvalue weighted by molar-refractivity contribution is -0.00000851. The molecule has 0 radical (unpaired) electrons. The van der Waals surface area contributed by atoms with Gasteiger partial charge in [-0.15, -0.1) is 0 Å². The molecular weight excluding hydrogens is 575 g/mol. The molecule has 0 heterocycles. The molecular formula is C36H36BrO2P. The summed E-state index contributed by atoms with van der Waals surface area (Å²) < 4.78 is 11.8. The summed E-state index contributed by atoms with van der Waals surface area (Å²) in [6, 6.07) is 49.7. The Morgan fingerprint density at radius 1 is 0.500 bits per heavy atom. The van der Waals surface area contributed by atoms with Crippen molar-refractivity contribution in [1.29, 1.82) is 0 Å². The van der Waals surface area contributed by atoms with Gasteiger partial charge in [0.2, 0.25) is 0 Å². The molecule has 5 aromatic carbocycles. The van der Waals surface area contributed by atoms with Crippen LogP contribution in [0.2, 0.25) is 0 Å². The molecule has 0 aliphatic heterocycles. The van der Waals surface area contributed by atoms with Crippen LogP contribution in [0.1, 0.15) is 19.8 Å². The zero-order chi connectivity index (χ0) is 26.8. The van der Waals surface area contributed by atoms with E-state index in [2.05, 4.69) is 116 Å². The Morgan fingerprint density at radius 3 is 1.48 bits per heavy atom. The summed E-state index contributed by atoms with van der Waals surface area (Å²) in [7, 11) is -1.84. The van der Waals surface area contributed by atoms with Crippen molar-refractivity contribution < 1.29 is 26.5 Å². The smallest absolute Gasteiger partial charge is 0.119 e. The van der Waals surface area contributed by atoms with Crippen molar-refractivity contribution in [2.24, 2.45) is 0 Å². The average Bonchev–Trinajstić information content (AvgIpc) is 3.02. The number of benzene rings is 5. The third kappa shape index (κ3) is 6.84. The van der Waals surface area contributed by atoms with Crippen LogP contribution in [0.15, 0.2) is 140 Å². The van der Waals surface area contributed by atoms with E-state index in [-0.39, 0.29) is 17.0 Å². The summed E-state index contributed by atoms with van der Waals surface area (Å²) in [6.07, 6.45) is 2.98. The lowest BCUT2D eigenvalue weighted by Gasteiger charge is -2.28. The minimum atomic E-state index is -1.84. The highest BCUT2D eigenvalue weighted by atomic mass is 79.9. The Kier molecular flexibility index (Phi) is 11.0. The largest absolute Gasteiger partial charge is 1.00 e.